The lowest BCUT2D eigenvalue weighted by Crippen LogP contribution is -2.48. The van der Waals surface area contributed by atoms with Crippen molar-refractivity contribution in [2.45, 2.75) is 13.3 Å². The molecule has 1 N–H and O–H groups in total. The van der Waals surface area contributed by atoms with Crippen molar-refractivity contribution in [2.24, 2.45) is 0 Å². The highest BCUT2D eigenvalue weighted by Gasteiger charge is 2.20. The van der Waals surface area contributed by atoms with Gasteiger partial charge in [0, 0.05) is 45.2 Å². The number of carbonyl (C=O) groups is 1. The van der Waals surface area contributed by atoms with E-state index >= 15 is 0 Å². The van der Waals surface area contributed by atoms with Crippen LogP contribution >= 0.6 is 0 Å². The minimum atomic E-state index is 0.0294. The van der Waals surface area contributed by atoms with Crippen LogP contribution in [0.25, 0.3) is 0 Å². The van der Waals surface area contributed by atoms with E-state index in [-0.39, 0.29) is 12.3 Å². The molecule has 0 atom stereocenters. The van der Waals surface area contributed by atoms with Gasteiger partial charge in [0.15, 0.2) is 5.69 Å². The summed E-state index contributed by atoms with van der Waals surface area (Å²) in [5.41, 5.74) is 1.14. The first-order valence-electron chi connectivity index (χ1n) is 5.85. The number of amides is 1. The number of pyridine rings is 1. The van der Waals surface area contributed by atoms with Gasteiger partial charge in [-0.2, -0.15) is 4.73 Å². The maximum absolute atomic E-state index is 12.0. The topological polar surface area (TPSA) is 59.3 Å². The molecule has 1 fully saturated rings. The lowest BCUT2D eigenvalue weighted by Gasteiger charge is -2.27. The molecule has 0 radical (unpaired) electrons. The van der Waals surface area contributed by atoms with Gasteiger partial charge in [-0.3, -0.25) is 4.79 Å². The van der Waals surface area contributed by atoms with Gasteiger partial charge in [-0.25, -0.2) is 0 Å². The normalized spacial score (nSPS) is 15.9. The summed E-state index contributed by atoms with van der Waals surface area (Å²) in [6.07, 6.45) is 0.186. The molecule has 0 saturated carbocycles. The molecule has 1 aromatic heterocycles. The Balaban J connectivity index is 2.04. The minimum Gasteiger partial charge on any atom is -0.618 e. The van der Waals surface area contributed by atoms with Crippen LogP contribution in [-0.2, 0) is 11.2 Å². The van der Waals surface area contributed by atoms with Gasteiger partial charge in [0.25, 0.3) is 0 Å². The third-order valence-corrected chi connectivity index (χ3v) is 3.01. The number of hydrogen-bond acceptors (Lipinski definition) is 3. The second kappa shape index (κ2) is 5.14. The Morgan fingerprint density at radius 3 is 2.88 bits per heavy atom. The molecule has 1 aromatic rings. The van der Waals surface area contributed by atoms with E-state index in [0.717, 1.165) is 30.9 Å². The fourth-order valence-electron chi connectivity index (χ4n) is 1.97. The van der Waals surface area contributed by atoms with Gasteiger partial charge in [0.1, 0.15) is 6.42 Å². The molecule has 17 heavy (non-hydrogen) atoms. The maximum Gasteiger partial charge on any atom is 0.233 e. The van der Waals surface area contributed by atoms with E-state index in [1.54, 1.807) is 24.0 Å². The standard InChI is InChI=1S/C12H17N3O2/c1-10-3-2-4-11(15(10)17)9-12(16)14-7-5-13-6-8-14/h2-4,13H,5-9H2,1H3. The Labute approximate surface area is 101 Å². The second-order valence-corrected chi connectivity index (χ2v) is 4.26. The Morgan fingerprint density at radius 2 is 2.18 bits per heavy atom. The van der Waals surface area contributed by atoms with E-state index in [2.05, 4.69) is 5.32 Å². The minimum absolute atomic E-state index is 0.0294. The number of nitrogens with one attached hydrogen (secondary N) is 1. The van der Waals surface area contributed by atoms with E-state index in [1.165, 1.54) is 0 Å². The van der Waals surface area contributed by atoms with Gasteiger partial charge < -0.3 is 15.4 Å². The van der Waals surface area contributed by atoms with Crippen molar-refractivity contribution in [1.29, 1.82) is 0 Å². The van der Waals surface area contributed by atoms with Crippen molar-refractivity contribution >= 4 is 5.91 Å². The van der Waals surface area contributed by atoms with Gasteiger partial charge in [0.05, 0.1) is 0 Å². The third-order valence-electron chi connectivity index (χ3n) is 3.01. The molecule has 0 aliphatic carbocycles. The molecule has 92 valence electrons. The number of nitrogens with zero attached hydrogens (tertiary/aromatic N) is 2. The predicted octanol–water partition coefficient (Wildman–Crippen LogP) is -0.397. The van der Waals surface area contributed by atoms with E-state index in [9.17, 15) is 10.0 Å². The molecule has 5 nitrogen and oxygen atoms in total. The highest BCUT2D eigenvalue weighted by atomic mass is 16.5. The fraction of sp³-hybridized carbons (Fsp3) is 0.500. The zero-order valence-corrected chi connectivity index (χ0v) is 9.98. The summed E-state index contributed by atoms with van der Waals surface area (Å²) in [6.45, 7) is 4.85. The summed E-state index contributed by atoms with van der Waals surface area (Å²) in [6, 6.07) is 5.26. The summed E-state index contributed by atoms with van der Waals surface area (Å²) in [5.74, 6) is 0.0294. The van der Waals surface area contributed by atoms with E-state index in [4.69, 9.17) is 0 Å². The number of carbonyl (C=O) groups excluding carboxylic acids is 1. The molecule has 2 rings (SSSR count). The van der Waals surface area contributed by atoms with Crippen molar-refractivity contribution in [3.63, 3.8) is 0 Å². The van der Waals surface area contributed by atoms with Crippen molar-refractivity contribution in [3.8, 4) is 0 Å². The van der Waals surface area contributed by atoms with Gasteiger partial charge in [-0.1, -0.05) is 0 Å². The number of rotatable bonds is 2. The molecule has 1 amide bonds. The highest BCUT2D eigenvalue weighted by molar-refractivity contribution is 5.78. The first-order chi connectivity index (χ1) is 8.18. The van der Waals surface area contributed by atoms with Gasteiger partial charge in [-0.15, -0.1) is 0 Å². The Kier molecular flexibility index (Phi) is 3.58. The van der Waals surface area contributed by atoms with Crippen LogP contribution < -0.4 is 10.0 Å². The molecule has 1 saturated heterocycles. The Hall–Kier alpha value is -1.62. The monoisotopic (exact) mass is 235 g/mol. The Morgan fingerprint density at radius 1 is 1.47 bits per heavy atom. The molecule has 1 aliphatic heterocycles. The molecule has 0 aromatic carbocycles. The zero-order valence-electron chi connectivity index (χ0n) is 9.98. The van der Waals surface area contributed by atoms with Crippen LogP contribution in [0, 0.1) is 12.1 Å². The van der Waals surface area contributed by atoms with Crippen LogP contribution in [0.1, 0.15) is 11.4 Å². The molecule has 1 aliphatic rings. The number of aromatic nitrogens is 1. The van der Waals surface area contributed by atoms with E-state index in [1.807, 2.05) is 6.07 Å². The fourth-order valence-corrected chi connectivity index (χ4v) is 1.97. The van der Waals surface area contributed by atoms with E-state index < -0.39 is 0 Å². The molecule has 0 spiro atoms. The average Bonchev–Trinajstić information content (AvgIpc) is 2.36. The lowest BCUT2D eigenvalue weighted by atomic mass is 10.2. The molecular weight excluding hydrogens is 218 g/mol. The van der Waals surface area contributed by atoms with Crippen molar-refractivity contribution in [2.75, 3.05) is 26.2 Å². The van der Waals surface area contributed by atoms with Crippen LogP contribution in [0.4, 0.5) is 0 Å². The average molecular weight is 235 g/mol. The molecule has 0 unspecified atom stereocenters. The Bertz CT molecular complexity index is 414. The van der Waals surface area contributed by atoms with Crippen LogP contribution in [0.2, 0.25) is 0 Å². The summed E-state index contributed by atoms with van der Waals surface area (Å²) in [4.78, 5) is 13.8. The maximum atomic E-state index is 12.0. The number of hydrogen-bond donors (Lipinski definition) is 1. The largest absolute Gasteiger partial charge is 0.618 e. The summed E-state index contributed by atoms with van der Waals surface area (Å²) >= 11 is 0. The molecule has 0 bridgehead atoms. The lowest BCUT2D eigenvalue weighted by molar-refractivity contribution is -0.620. The SMILES string of the molecule is Cc1cccc(CC(=O)N2CCNCC2)[n+]1[O-]. The first-order valence-corrected chi connectivity index (χ1v) is 5.85. The van der Waals surface area contributed by atoms with Crippen LogP contribution in [0.3, 0.4) is 0 Å². The second-order valence-electron chi connectivity index (χ2n) is 4.26. The quantitative estimate of drug-likeness (QED) is 0.560. The summed E-state index contributed by atoms with van der Waals surface area (Å²) in [7, 11) is 0. The van der Waals surface area contributed by atoms with Gasteiger partial charge in [0.2, 0.25) is 11.6 Å². The smallest absolute Gasteiger partial charge is 0.233 e. The summed E-state index contributed by atoms with van der Waals surface area (Å²) in [5, 5.41) is 14.9. The predicted molar refractivity (Wildman–Crippen MR) is 63.3 cm³/mol. The zero-order chi connectivity index (χ0) is 12.3. The van der Waals surface area contributed by atoms with Crippen LogP contribution in [0.5, 0.6) is 0 Å². The number of aryl methyl sites for hydroxylation is 1. The molecular formula is C12H17N3O2. The summed E-state index contributed by atoms with van der Waals surface area (Å²) < 4.78 is 0.833. The van der Waals surface area contributed by atoms with E-state index in [0.29, 0.717) is 11.4 Å². The van der Waals surface area contributed by atoms with Crippen molar-refractivity contribution < 1.29 is 9.52 Å². The van der Waals surface area contributed by atoms with Crippen molar-refractivity contribution in [3.05, 3.63) is 34.8 Å². The molecule has 5 heteroatoms. The van der Waals surface area contributed by atoms with Gasteiger partial charge in [-0.05, 0) is 6.07 Å². The highest BCUT2D eigenvalue weighted by Crippen LogP contribution is 2.01. The molecule has 2 heterocycles. The van der Waals surface area contributed by atoms with Crippen molar-refractivity contribution in [1.82, 2.24) is 10.2 Å². The van der Waals surface area contributed by atoms with Crippen LogP contribution in [0.15, 0.2) is 18.2 Å². The van der Waals surface area contributed by atoms with Crippen LogP contribution in [-0.4, -0.2) is 37.0 Å². The number of piperazine rings is 1. The first kappa shape index (κ1) is 11.9. The van der Waals surface area contributed by atoms with Gasteiger partial charge >= 0.3 is 0 Å². The third kappa shape index (κ3) is 2.74.